The molecule has 10 rings (SSSR count). The summed E-state index contributed by atoms with van der Waals surface area (Å²) >= 11 is 0. The molecular weight excluding hydrogens is 538 g/mol. The van der Waals surface area contributed by atoms with E-state index in [0.717, 1.165) is 60.2 Å². The van der Waals surface area contributed by atoms with Gasteiger partial charge >= 0.3 is 0 Å². The first-order valence-corrected chi connectivity index (χ1v) is 14.8. The van der Waals surface area contributed by atoms with Crippen molar-refractivity contribution in [1.82, 2.24) is 24.1 Å². The lowest BCUT2D eigenvalue weighted by molar-refractivity contribution is 1.02. The van der Waals surface area contributed by atoms with Crippen LogP contribution in [-0.4, -0.2) is 24.1 Å². The Morgan fingerprint density at radius 3 is 1.98 bits per heavy atom. The minimum Gasteiger partial charge on any atom is -0.308 e. The van der Waals surface area contributed by atoms with E-state index in [9.17, 15) is 0 Å². The van der Waals surface area contributed by atoms with Crippen LogP contribution < -0.4 is 0 Å². The number of nitrogens with zero attached hydrogens (tertiary/aromatic N) is 5. The van der Waals surface area contributed by atoms with Crippen molar-refractivity contribution in [3.8, 4) is 11.6 Å². The molecule has 0 saturated heterocycles. The summed E-state index contributed by atoms with van der Waals surface area (Å²) in [5.74, 6) is 0.659. The molecule has 6 aromatic carbocycles. The van der Waals surface area contributed by atoms with Crippen LogP contribution in [0.2, 0.25) is 0 Å². The van der Waals surface area contributed by atoms with Gasteiger partial charge in [0.1, 0.15) is 0 Å². The predicted octanol–water partition coefficient (Wildman–Crippen LogP) is 9.53. The van der Waals surface area contributed by atoms with Crippen molar-refractivity contribution in [2.24, 2.45) is 0 Å². The van der Waals surface area contributed by atoms with Crippen LogP contribution in [0.5, 0.6) is 0 Å². The molecule has 5 nitrogen and oxygen atoms in total. The summed E-state index contributed by atoms with van der Waals surface area (Å²) in [5.41, 5.74) is 6.51. The lowest BCUT2D eigenvalue weighted by Crippen LogP contribution is -2.02. The van der Waals surface area contributed by atoms with Crippen molar-refractivity contribution >= 4 is 76.1 Å². The zero-order valence-electron chi connectivity index (χ0n) is 23.5. The Bertz CT molecular complexity index is 2770. The first-order valence-electron chi connectivity index (χ1n) is 14.8. The molecule has 4 aromatic heterocycles. The molecule has 0 amide bonds. The molecule has 0 atom stereocenters. The lowest BCUT2D eigenvalue weighted by Gasteiger charge is -2.12. The Kier molecular flexibility index (Phi) is 4.66. The highest BCUT2D eigenvalue weighted by Gasteiger charge is 2.25. The summed E-state index contributed by atoms with van der Waals surface area (Å²) in [4.78, 5) is 15.0. The van der Waals surface area contributed by atoms with Crippen LogP contribution in [0.15, 0.2) is 140 Å². The molecule has 0 aliphatic rings. The van der Waals surface area contributed by atoms with Crippen LogP contribution in [0.1, 0.15) is 0 Å². The number of aromatic nitrogens is 5. The fourth-order valence-corrected chi connectivity index (χ4v) is 7.20. The van der Waals surface area contributed by atoms with Gasteiger partial charge in [-0.1, -0.05) is 91.0 Å². The van der Waals surface area contributed by atoms with Gasteiger partial charge in [-0.15, -0.1) is 0 Å². The maximum absolute atomic E-state index is 5.31. The molecule has 0 unspecified atom stereocenters. The molecular formula is C39H23N5. The summed E-state index contributed by atoms with van der Waals surface area (Å²) in [6, 6.07) is 42.7. The maximum Gasteiger partial charge on any atom is 0.235 e. The largest absolute Gasteiger partial charge is 0.308 e. The molecule has 0 aliphatic heterocycles. The van der Waals surface area contributed by atoms with Gasteiger partial charge in [0.25, 0.3) is 0 Å². The highest BCUT2D eigenvalue weighted by molar-refractivity contribution is 6.36. The van der Waals surface area contributed by atoms with Crippen LogP contribution >= 0.6 is 0 Å². The molecule has 10 aromatic rings. The molecule has 0 spiro atoms. The van der Waals surface area contributed by atoms with Gasteiger partial charge in [0, 0.05) is 62.0 Å². The number of rotatable bonds is 2. The summed E-state index contributed by atoms with van der Waals surface area (Å²) in [6.45, 7) is 0. The van der Waals surface area contributed by atoms with E-state index in [1.807, 2.05) is 18.6 Å². The van der Waals surface area contributed by atoms with E-state index in [2.05, 4.69) is 135 Å². The SMILES string of the molecule is c1ccc(-n2c3ccccc3c3c2c2cnccc2c2c4ccccc4n(-c4ncc5ccc6ccccc6c5n4)c23)cc1. The number of benzene rings is 6. The van der Waals surface area contributed by atoms with Crippen LogP contribution in [-0.2, 0) is 0 Å². The van der Waals surface area contributed by atoms with E-state index in [0.29, 0.717) is 5.95 Å². The van der Waals surface area contributed by atoms with Crippen molar-refractivity contribution < 1.29 is 0 Å². The Labute approximate surface area is 251 Å². The normalized spacial score (nSPS) is 12.1. The Morgan fingerprint density at radius 1 is 0.455 bits per heavy atom. The van der Waals surface area contributed by atoms with E-state index in [4.69, 9.17) is 9.97 Å². The van der Waals surface area contributed by atoms with E-state index >= 15 is 0 Å². The molecule has 44 heavy (non-hydrogen) atoms. The summed E-state index contributed by atoms with van der Waals surface area (Å²) in [5, 5.41) is 10.3. The van der Waals surface area contributed by atoms with Crippen LogP contribution in [0.4, 0.5) is 0 Å². The fourth-order valence-electron chi connectivity index (χ4n) is 7.20. The molecule has 4 heterocycles. The number of pyridine rings is 1. The summed E-state index contributed by atoms with van der Waals surface area (Å²) in [7, 11) is 0. The topological polar surface area (TPSA) is 48.5 Å². The van der Waals surface area contributed by atoms with Crippen LogP contribution in [0, 0.1) is 0 Å². The zero-order valence-corrected chi connectivity index (χ0v) is 23.5. The molecule has 0 radical (unpaired) electrons. The molecule has 0 N–H and O–H groups in total. The third kappa shape index (κ3) is 3.05. The van der Waals surface area contributed by atoms with Gasteiger partial charge in [-0.3, -0.25) is 9.55 Å². The van der Waals surface area contributed by atoms with E-state index in [1.54, 1.807) is 0 Å². The van der Waals surface area contributed by atoms with Crippen LogP contribution in [0.3, 0.4) is 0 Å². The van der Waals surface area contributed by atoms with Crippen molar-refractivity contribution in [3.63, 3.8) is 0 Å². The monoisotopic (exact) mass is 561 g/mol. The molecule has 204 valence electrons. The van der Waals surface area contributed by atoms with E-state index in [-0.39, 0.29) is 0 Å². The summed E-state index contributed by atoms with van der Waals surface area (Å²) < 4.78 is 4.65. The Hall–Kier alpha value is -6.07. The third-order valence-electron chi connectivity index (χ3n) is 9.01. The van der Waals surface area contributed by atoms with Gasteiger partial charge in [0.15, 0.2) is 0 Å². The lowest BCUT2D eigenvalue weighted by atomic mass is 10.0. The standard InChI is InChI=1S/C39H23N5/c1-2-11-26(12-3-1)43-32-16-8-7-15-30(32)35-37(43)31-23-40-21-20-28(31)34-29-14-6-9-17-33(29)44(38(34)35)39-41-22-25-19-18-24-10-4-5-13-27(24)36(25)42-39/h1-23H. The van der Waals surface area contributed by atoms with Gasteiger partial charge in [-0.2, -0.15) is 0 Å². The minimum absolute atomic E-state index is 0.659. The second-order valence-corrected chi connectivity index (χ2v) is 11.3. The highest BCUT2D eigenvalue weighted by Crippen LogP contribution is 2.46. The smallest absolute Gasteiger partial charge is 0.235 e. The molecule has 5 heteroatoms. The average Bonchev–Trinajstić information content (AvgIpc) is 3.62. The van der Waals surface area contributed by atoms with Gasteiger partial charge in [0.05, 0.1) is 27.6 Å². The fraction of sp³-hybridized carbons (Fsp3) is 0. The van der Waals surface area contributed by atoms with E-state index < -0.39 is 0 Å². The second-order valence-electron chi connectivity index (χ2n) is 11.3. The van der Waals surface area contributed by atoms with Gasteiger partial charge in [0.2, 0.25) is 5.95 Å². The van der Waals surface area contributed by atoms with Gasteiger partial charge < -0.3 is 4.57 Å². The number of hydrogen-bond donors (Lipinski definition) is 0. The van der Waals surface area contributed by atoms with Crippen molar-refractivity contribution in [2.45, 2.75) is 0 Å². The quantitative estimate of drug-likeness (QED) is 0.198. The highest BCUT2D eigenvalue weighted by atomic mass is 15.2. The number of hydrogen-bond acceptors (Lipinski definition) is 3. The first-order chi connectivity index (χ1) is 21.9. The average molecular weight is 562 g/mol. The predicted molar refractivity (Wildman–Crippen MR) is 181 cm³/mol. The minimum atomic E-state index is 0.659. The first kappa shape index (κ1) is 23.5. The number of para-hydroxylation sites is 3. The van der Waals surface area contributed by atoms with Crippen LogP contribution in [0.25, 0.3) is 87.7 Å². The molecule has 0 aliphatic carbocycles. The summed E-state index contributed by atoms with van der Waals surface area (Å²) in [6.07, 6.45) is 5.87. The Morgan fingerprint density at radius 2 is 1.14 bits per heavy atom. The van der Waals surface area contributed by atoms with Gasteiger partial charge in [-0.25, -0.2) is 9.97 Å². The van der Waals surface area contributed by atoms with Gasteiger partial charge in [-0.05, 0) is 41.1 Å². The zero-order chi connectivity index (χ0) is 28.8. The maximum atomic E-state index is 5.31. The van der Waals surface area contributed by atoms with Crippen molar-refractivity contribution in [2.75, 3.05) is 0 Å². The Balaban J connectivity index is 1.49. The third-order valence-corrected chi connectivity index (χ3v) is 9.01. The van der Waals surface area contributed by atoms with Crippen molar-refractivity contribution in [3.05, 3.63) is 140 Å². The van der Waals surface area contributed by atoms with E-state index in [1.165, 1.54) is 21.5 Å². The number of fused-ring (bicyclic) bond motifs is 13. The van der Waals surface area contributed by atoms with Crippen molar-refractivity contribution in [1.29, 1.82) is 0 Å². The molecule has 0 saturated carbocycles. The molecule has 0 fully saturated rings. The molecule has 0 bridgehead atoms. The second kappa shape index (κ2) is 8.72.